The molecule has 7 heteroatoms. The fourth-order valence-corrected chi connectivity index (χ4v) is 13.3. The molecule has 0 spiro atoms. The number of carboxylic acids is 1. The number of carboxylic acid groups (broad SMARTS) is 1. The molecule has 1 aromatic carbocycles. The van der Waals surface area contributed by atoms with Crippen molar-refractivity contribution in [1.82, 2.24) is 10.6 Å². The van der Waals surface area contributed by atoms with E-state index in [0.29, 0.717) is 48.1 Å². The van der Waals surface area contributed by atoms with Gasteiger partial charge in [0, 0.05) is 18.7 Å². The molecular weight excluding hydrogens is 612 g/mol. The largest absolute Gasteiger partial charge is 0.481 e. The molecule has 49 heavy (non-hydrogen) atoms. The smallest absolute Gasteiger partial charge is 0.305 e. The summed E-state index contributed by atoms with van der Waals surface area (Å²) in [5.41, 5.74) is 2.86. The van der Waals surface area contributed by atoms with Gasteiger partial charge in [-0.3, -0.25) is 14.4 Å². The van der Waals surface area contributed by atoms with Gasteiger partial charge in [-0.1, -0.05) is 58.9 Å². The van der Waals surface area contributed by atoms with Crippen molar-refractivity contribution in [3.8, 4) is 0 Å². The van der Waals surface area contributed by atoms with Crippen molar-refractivity contribution in [2.45, 2.75) is 125 Å². The molecular formula is C42H62N2O5. The average molecular weight is 675 g/mol. The second-order valence-corrected chi connectivity index (χ2v) is 18.3. The third-order valence-electron chi connectivity index (χ3n) is 16.0. The van der Waals surface area contributed by atoms with Crippen molar-refractivity contribution in [2.24, 2.45) is 56.7 Å². The Morgan fingerprint density at radius 1 is 0.857 bits per heavy atom. The van der Waals surface area contributed by atoms with Gasteiger partial charge in [0.2, 0.25) is 5.91 Å². The van der Waals surface area contributed by atoms with E-state index in [2.05, 4.69) is 58.8 Å². The molecule has 10 atom stereocenters. The van der Waals surface area contributed by atoms with E-state index < -0.39 is 5.97 Å². The predicted molar refractivity (Wildman–Crippen MR) is 193 cm³/mol. The number of hydrogen-bond acceptors (Lipinski definition) is 4. The average Bonchev–Trinajstić information content (AvgIpc) is 3.45. The van der Waals surface area contributed by atoms with Gasteiger partial charge in [0.1, 0.15) is 0 Å². The van der Waals surface area contributed by atoms with E-state index in [4.69, 9.17) is 5.11 Å². The first kappa shape index (κ1) is 36.1. The number of carbonyl (C=O) groups excluding carboxylic acids is 2. The third kappa shape index (κ3) is 5.69. The van der Waals surface area contributed by atoms with Gasteiger partial charge in [0.05, 0.1) is 17.9 Å². The predicted octanol–water partition coefficient (Wildman–Crippen LogP) is 7.57. The maximum Gasteiger partial charge on any atom is 0.305 e. The summed E-state index contributed by atoms with van der Waals surface area (Å²) < 4.78 is 0. The molecule has 4 N–H and O–H groups in total. The molecule has 0 bridgehead atoms. The molecule has 6 rings (SSSR count). The number of amides is 2. The van der Waals surface area contributed by atoms with E-state index >= 15 is 0 Å². The van der Waals surface area contributed by atoms with E-state index in [0.717, 1.165) is 44.1 Å². The van der Waals surface area contributed by atoms with Crippen LogP contribution < -0.4 is 10.6 Å². The third-order valence-corrected chi connectivity index (χ3v) is 16.0. The Morgan fingerprint density at radius 3 is 2.33 bits per heavy atom. The minimum absolute atomic E-state index is 0.0575. The molecule has 0 heterocycles. The van der Waals surface area contributed by atoms with Crippen molar-refractivity contribution in [2.75, 3.05) is 13.1 Å². The van der Waals surface area contributed by atoms with E-state index in [1.807, 2.05) is 18.2 Å². The molecule has 4 unspecified atom stereocenters. The highest BCUT2D eigenvalue weighted by Gasteiger charge is 2.71. The molecule has 0 radical (unpaired) electrons. The minimum Gasteiger partial charge on any atom is -0.481 e. The van der Waals surface area contributed by atoms with Gasteiger partial charge in [-0.2, -0.15) is 0 Å². The van der Waals surface area contributed by atoms with Gasteiger partial charge >= 0.3 is 5.97 Å². The van der Waals surface area contributed by atoms with Gasteiger partial charge in [-0.05, 0) is 146 Å². The Labute approximate surface area is 294 Å². The molecule has 0 saturated heterocycles. The summed E-state index contributed by atoms with van der Waals surface area (Å²) in [6, 6.07) is 7.39. The van der Waals surface area contributed by atoms with Crippen LogP contribution in [0.25, 0.3) is 0 Å². The van der Waals surface area contributed by atoms with E-state index in [1.165, 1.54) is 31.3 Å². The minimum atomic E-state index is -0.945. The standard InChI is InChI=1S/C42H62N2O5/c1-26(2)29-13-20-42(37(49)44-23-16-27-9-8-10-28(25-27)36(48)43-24-17-34(46)47)22-21-40(6)30(35(29)42)11-12-32-39(5)18-15-33(45)38(3,4)31(39)14-19-41(32,40)7/h8-10,25,29-33,35,45H,1,11-24H2,2-7H3,(H,43,48)(H,44,49)(H,46,47)/t29-,30?,31?,32?,33-,35?,39-,40+,41+,42-/m0/s1. The SMILES string of the molecule is C=C(C)[C@@H]1CC[C@]2(C(=O)NCCc3cccc(C(=O)NCCC(=O)O)c3)CC[C@]3(C)C(CCC4[C@@]5(C)CC[C@H](O)C(C)(C)C5CC[C@]43C)C12. The topological polar surface area (TPSA) is 116 Å². The monoisotopic (exact) mass is 674 g/mol. The van der Waals surface area contributed by atoms with Crippen LogP contribution in [0.2, 0.25) is 0 Å². The van der Waals surface area contributed by atoms with Crippen LogP contribution in [0.4, 0.5) is 0 Å². The number of nitrogens with one attached hydrogen (secondary N) is 2. The summed E-state index contributed by atoms with van der Waals surface area (Å²) in [7, 11) is 0. The van der Waals surface area contributed by atoms with Crippen LogP contribution in [0.1, 0.15) is 128 Å². The lowest BCUT2D eigenvalue weighted by atomic mass is 9.32. The zero-order valence-corrected chi connectivity index (χ0v) is 31.0. The maximum absolute atomic E-state index is 14.5. The summed E-state index contributed by atoms with van der Waals surface area (Å²) in [6.45, 7) is 19.7. The van der Waals surface area contributed by atoms with E-state index in [9.17, 15) is 19.5 Å². The highest BCUT2D eigenvalue weighted by Crippen LogP contribution is 2.77. The second-order valence-electron chi connectivity index (χ2n) is 18.3. The summed E-state index contributed by atoms with van der Waals surface area (Å²) in [6.07, 6.45) is 11.1. The Kier molecular flexibility index (Phi) is 9.46. The number of aliphatic carboxylic acids is 1. The molecule has 5 aliphatic carbocycles. The number of rotatable bonds is 9. The molecule has 0 aromatic heterocycles. The number of aliphatic hydroxyl groups is 1. The van der Waals surface area contributed by atoms with Crippen LogP contribution in [0, 0.1) is 56.7 Å². The van der Waals surface area contributed by atoms with Crippen molar-refractivity contribution >= 4 is 17.8 Å². The zero-order valence-electron chi connectivity index (χ0n) is 31.0. The first-order chi connectivity index (χ1) is 23.0. The number of fused-ring (bicyclic) bond motifs is 7. The summed E-state index contributed by atoms with van der Waals surface area (Å²) in [5.74, 6) is 1.29. The normalized spacial score (nSPS) is 40.6. The van der Waals surface area contributed by atoms with Gasteiger partial charge in [0.15, 0.2) is 0 Å². The highest BCUT2D eigenvalue weighted by molar-refractivity contribution is 5.94. The molecule has 270 valence electrons. The number of hydrogen-bond donors (Lipinski definition) is 4. The van der Waals surface area contributed by atoms with Crippen molar-refractivity contribution in [1.29, 1.82) is 0 Å². The maximum atomic E-state index is 14.5. The fourth-order valence-electron chi connectivity index (χ4n) is 13.3. The Balaban J connectivity index is 1.19. The van der Waals surface area contributed by atoms with Crippen molar-refractivity contribution in [3.05, 3.63) is 47.5 Å². The van der Waals surface area contributed by atoms with Crippen LogP contribution in [0.3, 0.4) is 0 Å². The molecule has 0 aliphatic heterocycles. The Bertz CT molecular complexity index is 1490. The summed E-state index contributed by atoms with van der Waals surface area (Å²) in [5, 5.41) is 26.0. The fraction of sp³-hybridized carbons (Fsp3) is 0.738. The highest BCUT2D eigenvalue weighted by atomic mass is 16.4. The van der Waals surface area contributed by atoms with Crippen LogP contribution in [0.15, 0.2) is 36.4 Å². The molecule has 1 aromatic rings. The molecule has 5 fully saturated rings. The summed E-state index contributed by atoms with van der Waals surface area (Å²) >= 11 is 0. The van der Waals surface area contributed by atoms with E-state index in [1.54, 1.807) is 6.07 Å². The van der Waals surface area contributed by atoms with Crippen LogP contribution in [-0.2, 0) is 16.0 Å². The molecule has 5 aliphatic rings. The second kappa shape index (κ2) is 12.8. The Hall–Kier alpha value is -2.67. The number of allylic oxidation sites excluding steroid dienone is 1. The van der Waals surface area contributed by atoms with Gasteiger partial charge in [-0.25, -0.2) is 0 Å². The van der Waals surface area contributed by atoms with Gasteiger partial charge < -0.3 is 20.8 Å². The Morgan fingerprint density at radius 2 is 1.61 bits per heavy atom. The number of benzene rings is 1. The zero-order chi connectivity index (χ0) is 35.6. The lowest BCUT2D eigenvalue weighted by Crippen LogP contribution is -2.67. The van der Waals surface area contributed by atoms with Crippen molar-refractivity contribution in [3.63, 3.8) is 0 Å². The lowest BCUT2D eigenvalue weighted by Gasteiger charge is -2.72. The lowest BCUT2D eigenvalue weighted by molar-refractivity contribution is -0.246. The van der Waals surface area contributed by atoms with E-state index in [-0.39, 0.29) is 58.0 Å². The van der Waals surface area contributed by atoms with Gasteiger partial charge in [0.25, 0.3) is 5.91 Å². The first-order valence-electron chi connectivity index (χ1n) is 19.2. The number of carbonyl (C=O) groups is 3. The van der Waals surface area contributed by atoms with Crippen LogP contribution in [0.5, 0.6) is 0 Å². The summed E-state index contributed by atoms with van der Waals surface area (Å²) in [4.78, 5) is 37.9. The van der Waals surface area contributed by atoms with Crippen molar-refractivity contribution < 1.29 is 24.6 Å². The first-order valence-corrected chi connectivity index (χ1v) is 19.2. The quantitative estimate of drug-likeness (QED) is 0.202. The molecule has 2 amide bonds. The number of aliphatic hydroxyl groups excluding tert-OH is 1. The van der Waals surface area contributed by atoms with Crippen LogP contribution >= 0.6 is 0 Å². The van der Waals surface area contributed by atoms with Crippen LogP contribution in [-0.4, -0.2) is 47.2 Å². The van der Waals surface area contributed by atoms with Gasteiger partial charge in [-0.15, -0.1) is 0 Å². The molecule has 7 nitrogen and oxygen atoms in total. The molecule has 5 saturated carbocycles.